The van der Waals surface area contributed by atoms with Gasteiger partial charge in [0.25, 0.3) is 0 Å². The van der Waals surface area contributed by atoms with Gasteiger partial charge in [-0.25, -0.2) is 0 Å². The van der Waals surface area contributed by atoms with Crippen LogP contribution in [0.5, 0.6) is 0 Å². The Kier molecular flexibility index (Phi) is 5.12. The van der Waals surface area contributed by atoms with Crippen LogP contribution in [0.15, 0.2) is 47.8 Å². The molecule has 1 heterocycles. The van der Waals surface area contributed by atoms with E-state index in [-0.39, 0.29) is 11.9 Å². The van der Waals surface area contributed by atoms with Gasteiger partial charge in [0, 0.05) is 17.8 Å². The summed E-state index contributed by atoms with van der Waals surface area (Å²) >= 11 is 1.66. The summed E-state index contributed by atoms with van der Waals surface area (Å²) in [6, 6.07) is 14.1. The number of nitrogens with one attached hydrogen (secondary N) is 2. The zero-order valence-electron chi connectivity index (χ0n) is 10.9. The molecule has 0 fully saturated rings. The van der Waals surface area contributed by atoms with Crippen molar-refractivity contribution < 1.29 is 4.79 Å². The van der Waals surface area contributed by atoms with Crippen molar-refractivity contribution in [1.82, 2.24) is 10.6 Å². The second kappa shape index (κ2) is 7.07. The predicted molar refractivity (Wildman–Crippen MR) is 79.3 cm³/mol. The molecular formula is C15H18N2OS. The highest BCUT2D eigenvalue weighted by Crippen LogP contribution is 2.25. The zero-order chi connectivity index (χ0) is 13.5. The van der Waals surface area contributed by atoms with Crippen molar-refractivity contribution >= 4 is 17.2 Å². The van der Waals surface area contributed by atoms with Gasteiger partial charge in [-0.1, -0.05) is 36.4 Å². The lowest BCUT2D eigenvalue weighted by molar-refractivity contribution is -0.121. The van der Waals surface area contributed by atoms with Gasteiger partial charge in [0.15, 0.2) is 0 Å². The minimum absolute atomic E-state index is 0.0504. The molecule has 2 aromatic rings. The van der Waals surface area contributed by atoms with E-state index in [4.69, 9.17) is 0 Å². The summed E-state index contributed by atoms with van der Waals surface area (Å²) < 4.78 is 0. The molecule has 1 aromatic heterocycles. The summed E-state index contributed by atoms with van der Waals surface area (Å²) in [7, 11) is 1.85. The van der Waals surface area contributed by atoms with Gasteiger partial charge in [-0.3, -0.25) is 4.79 Å². The maximum atomic E-state index is 11.9. The average molecular weight is 274 g/mol. The Labute approximate surface area is 117 Å². The molecule has 1 atom stereocenters. The third-order valence-electron chi connectivity index (χ3n) is 2.87. The fraction of sp³-hybridized carbons (Fsp3) is 0.267. The van der Waals surface area contributed by atoms with Crippen LogP contribution in [0, 0.1) is 0 Å². The van der Waals surface area contributed by atoms with E-state index in [9.17, 15) is 4.79 Å². The number of hydrogen-bond acceptors (Lipinski definition) is 3. The minimum atomic E-state index is -0.0504. The Hall–Kier alpha value is -1.65. The lowest BCUT2D eigenvalue weighted by Crippen LogP contribution is -2.30. The third kappa shape index (κ3) is 3.91. The van der Waals surface area contributed by atoms with E-state index in [2.05, 4.69) is 16.7 Å². The van der Waals surface area contributed by atoms with Crippen LogP contribution in [0.3, 0.4) is 0 Å². The molecule has 1 amide bonds. The normalized spacial score (nSPS) is 12.1. The van der Waals surface area contributed by atoms with Crippen molar-refractivity contribution in [3.63, 3.8) is 0 Å². The molecule has 0 aliphatic rings. The molecule has 0 saturated carbocycles. The molecule has 1 unspecified atom stereocenters. The van der Waals surface area contributed by atoms with Crippen molar-refractivity contribution in [2.24, 2.45) is 0 Å². The minimum Gasteiger partial charge on any atom is -0.344 e. The van der Waals surface area contributed by atoms with Crippen LogP contribution >= 0.6 is 11.3 Å². The summed E-state index contributed by atoms with van der Waals surface area (Å²) in [5.41, 5.74) is 1.11. The van der Waals surface area contributed by atoms with Crippen LogP contribution in [0.25, 0.3) is 0 Å². The van der Waals surface area contributed by atoms with E-state index in [1.807, 2.05) is 48.8 Å². The first kappa shape index (κ1) is 13.8. The molecular weight excluding hydrogens is 256 g/mol. The maximum Gasteiger partial charge on any atom is 0.222 e. The quantitative estimate of drug-likeness (QED) is 0.850. The van der Waals surface area contributed by atoms with E-state index >= 15 is 0 Å². The fourth-order valence-electron chi connectivity index (χ4n) is 1.89. The SMILES string of the molecule is CNCCC(=O)NC(c1ccccc1)c1cccs1. The van der Waals surface area contributed by atoms with Crippen LogP contribution in [0.1, 0.15) is 22.9 Å². The summed E-state index contributed by atoms with van der Waals surface area (Å²) in [5, 5.41) is 8.12. The Bertz CT molecular complexity index is 496. The molecule has 0 spiro atoms. The van der Waals surface area contributed by atoms with Crippen LogP contribution in [-0.2, 0) is 4.79 Å². The zero-order valence-corrected chi connectivity index (χ0v) is 11.7. The van der Waals surface area contributed by atoms with Crippen molar-refractivity contribution in [3.05, 3.63) is 58.3 Å². The first-order valence-corrected chi connectivity index (χ1v) is 7.21. The molecule has 1 aromatic carbocycles. The second-order valence-electron chi connectivity index (χ2n) is 4.28. The molecule has 2 N–H and O–H groups in total. The number of benzene rings is 1. The predicted octanol–water partition coefficient (Wildman–Crippen LogP) is 2.56. The monoisotopic (exact) mass is 274 g/mol. The van der Waals surface area contributed by atoms with E-state index in [0.29, 0.717) is 13.0 Å². The van der Waals surface area contributed by atoms with E-state index in [1.54, 1.807) is 11.3 Å². The van der Waals surface area contributed by atoms with E-state index < -0.39 is 0 Å². The van der Waals surface area contributed by atoms with Crippen LogP contribution in [0.4, 0.5) is 0 Å². The highest BCUT2D eigenvalue weighted by atomic mass is 32.1. The lowest BCUT2D eigenvalue weighted by atomic mass is 10.1. The highest BCUT2D eigenvalue weighted by molar-refractivity contribution is 7.10. The Morgan fingerprint density at radius 3 is 2.63 bits per heavy atom. The van der Waals surface area contributed by atoms with Crippen molar-refractivity contribution in [2.75, 3.05) is 13.6 Å². The van der Waals surface area contributed by atoms with E-state index in [0.717, 1.165) is 10.4 Å². The van der Waals surface area contributed by atoms with Gasteiger partial charge >= 0.3 is 0 Å². The molecule has 3 nitrogen and oxygen atoms in total. The van der Waals surface area contributed by atoms with Crippen LogP contribution in [0.2, 0.25) is 0 Å². The first-order valence-electron chi connectivity index (χ1n) is 6.33. The Morgan fingerprint density at radius 2 is 2.00 bits per heavy atom. The van der Waals surface area contributed by atoms with Gasteiger partial charge in [0.1, 0.15) is 0 Å². The Morgan fingerprint density at radius 1 is 1.21 bits per heavy atom. The summed E-state index contributed by atoms with van der Waals surface area (Å²) in [6.45, 7) is 0.692. The largest absolute Gasteiger partial charge is 0.344 e. The van der Waals surface area contributed by atoms with Gasteiger partial charge in [-0.15, -0.1) is 11.3 Å². The number of hydrogen-bond donors (Lipinski definition) is 2. The molecule has 4 heteroatoms. The van der Waals surface area contributed by atoms with Gasteiger partial charge in [-0.2, -0.15) is 0 Å². The molecule has 0 bridgehead atoms. The molecule has 0 saturated heterocycles. The Balaban J connectivity index is 2.14. The molecule has 0 aliphatic heterocycles. The molecule has 2 rings (SSSR count). The number of carbonyl (C=O) groups is 1. The second-order valence-corrected chi connectivity index (χ2v) is 5.26. The average Bonchev–Trinajstić information content (AvgIpc) is 2.97. The highest BCUT2D eigenvalue weighted by Gasteiger charge is 2.17. The summed E-state index contributed by atoms with van der Waals surface area (Å²) in [6.07, 6.45) is 0.491. The van der Waals surface area contributed by atoms with Crippen LogP contribution < -0.4 is 10.6 Å². The third-order valence-corrected chi connectivity index (χ3v) is 3.81. The van der Waals surface area contributed by atoms with Crippen molar-refractivity contribution in [1.29, 1.82) is 0 Å². The van der Waals surface area contributed by atoms with Crippen LogP contribution in [-0.4, -0.2) is 19.5 Å². The standard InChI is InChI=1S/C15H18N2OS/c1-16-10-9-14(18)17-15(13-8-5-11-19-13)12-6-3-2-4-7-12/h2-8,11,15-16H,9-10H2,1H3,(H,17,18). The number of carbonyl (C=O) groups excluding carboxylic acids is 1. The number of rotatable bonds is 6. The van der Waals surface area contributed by atoms with Crippen molar-refractivity contribution in [3.8, 4) is 0 Å². The van der Waals surface area contributed by atoms with E-state index in [1.165, 1.54) is 0 Å². The summed E-state index contributed by atoms with van der Waals surface area (Å²) in [4.78, 5) is 13.1. The summed E-state index contributed by atoms with van der Waals surface area (Å²) in [5.74, 6) is 0.0663. The molecule has 100 valence electrons. The first-order chi connectivity index (χ1) is 9.31. The smallest absolute Gasteiger partial charge is 0.222 e. The van der Waals surface area contributed by atoms with Gasteiger partial charge in [0.05, 0.1) is 6.04 Å². The maximum absolute atomic E-state index is 11.9. The van der Waals surface area contributed by atoms with Gasteiger partial charge < -0.3 is 10.6 Å². The number of thiophene rings is 1. The fourth-order valence-corrected chi connectivity index (χ4v) is 2.69. The van der Waals surface area contributed by atoms with Crippen molar-refractivity contribution in [2.45, 2.75) is 12.5 Å². The topological polar surface area (TPSA) is 41.1 Å². The molecule has 19 heavy (non-hydrogen) atoms. The van der Waals surface area contributed by atoms with Gasteiger partial charge in [-0.05, 0) is 24.1 Å². The molecule has 0 aliphatic carbocycles. The lowest BCUT2D eigenvalue weighted by Gasteiger charge is -2.18. The number of amides is 1. The van der Waals surface area contributed by atoms with Gasteiger partial charge in [0.2, 0.25) is 5.91 Å². The molecule has 0 radical (unpaired) electrons.